The van der Waals surface area contributed by atoms with Gasteiger partial charge in [-0.3, -0.25) is 19.4 Å². The summed E-state index contributed by atoms with van der Waals surface area (Å²) < 4.78 is 20.1. The molecular weight excluding hydrogens is 600 g/mol. The molecule has 9 atom stereocenters. The van der Waals surface area contributed by atoms with Crippen molar-refractivity contribution in [1.82, 2.24) is 19.4 Å². The van der Waals surface area contributed by atoms with Crippen molar-refractivity contribution in [2.75, 3.05) is 13.7 Å². The topological polar surface area (TPSA) is 130 Å². The number of imidazole rings is 1. The van der Waals surface area contributed by atoms with Crippen LogP contribution in [0.25, 0.3) is 11.3 Å². The van der Waals surface area contributed by atoms with E-state index in [4.69, 9.17) is 14.2 Å². The Morgan fingerprint density at radius 1 is 1.00 bits per heavy atom. The number of hydrogen-bond acceptors (Lipinski definition) is 9. The summed E-state index contributed by atoms with van der Waals surface area (Å²) in [7, 11) is 1.59. The molecule has 0 N–H and O–H groups in total. The number of amides is 1. The van der Waals surface area contributed by atoms with Gasteiger partial charge in [0.25, 0.3) is 0 Å². The minimum atomic E-state index is -1.31. The summed E-state index contributed by atoms with van der Waals surface area (Å²) in [5.41, 5.74) is -0.344. The number of cyclic esters (lactones) is 1. The maximum Gasteiger partial charge on any atom is 0.410 e. The lowest BCUT2D eigenvalue weighted by Crippen LogP contribution is -2.58. The molecule has 0 aliphatic carbocycles. The van der Waals surface area contributed by atoms with Crippen molar-refractivity contribution < 1.29 is 33.4 Å². The lowest BCUT2D eigenvalue weighted by molar-refractivity contribution is -0.172. The van der Waals surface area contributed by atoms with Crippen LogP contribution in [0.4, 0.5) is 4.79 Å². The first-order valence-electron chi connectivity index (χ1n) is 16.9. The zero-order chi connectivity index (χ0) is 34.7. The number of carbonyl (C=O) groups is 4. The van der Waals surface area contributed by atoms with E-state index >= 15 is 0 Å². The second-order valence-corrected chi connectivity index (χ2v) is 14.0. The molecule has 0 aromatic carbocycles. The first-order chi connectivity index (χ1) is 22.2. The van der Waals surface area contributed by atoms with E-state index in [-0.39, 0.29) is 17.5 Å². The van der Waals surface area contributed by atoms with E-state index in [2.05, 4.69) is 9.97 Å². The lowest BCUT2D eigenvalue weighted by atomic mass is 9.70. The number of unbranched alkanes of at least 4 members (excludes halogenated alkanes) is 1. The predicted molar refractivity (Wildman–Crippen MR) is 176 cm³/mol. The Kier molecular flexibility index (Phi) is 11.3. The van der Waals surface area contributed by atoms with E-state index in [1.807, 2.05) is 57.5 Å². The van der Waals surface area contributed by atoms with Gasteiger partial charge in [-0.2, -0.15) is 0 Å². The predicted octanol–water partition coefficient (Wildman–Crippen LogP) is 5.75. The number of nitrogens with zero attached hydrogens (tertiary/aromatic N) is 4. The number of ketones is 2. The van der Waals surface area contributed by atoms with Crippen molar-refractivity contribution in [3.8, 4) is 11.3 Å². The third-order valence-corrected chi connectivity index (χ3v) is 10.9. The molecule has 11 heteroatoms. The minimum Gasteiger partial charge on any atom is -0.458 e. The molecule has 0 bridgehead atoms. The molecule has 0 radical (unpaired) electrons. The molecule has 0 saturated carbocycles. The fraction of sp³-hybridized carbons (Fsp3) is 0.667. The second-order valence-electron chi connectivity index (χ2n) is 14.0. The first kappa shape index (κ1) is 36.2. The van der Waals surface area contributed by atoms with Crippen LogP contribution in [0.2, 0.25) is 0 Å². The molecule has 2 aromatic heterocycles. The molecular formula is C36H52N4O7. The van der Waals surface area contributed by atoms with E-state index < -0.39 is 59.1 Å². The maximum atomic E-state index is 14.2. The highest BCUT2D eigenvalue weighted by Crippen LogP contribution is 2.43. The molecule has 1 amide bonds. The van der Waals surface area contributed by atoms with Gasteiger partial charge in [-0.05, 0) is 64.5 Å². The molecule has 2 fully saturated rings. The SMILES string of the molecule is CC[C@H]1OC(=O)[C@H](C)C(=O)[C@H](C)[C@@H](C)[C@](C)(OC)C[C@@H](C)C(=O)[C@H](C)[C@H]2N(CCCCn3cnc(-c4cccnc4)c3)C(=O)O[C@]12C. The molecule has 2 saturated heterocycles. The average Bonchev–Trinajstić information content (AvgIpc) is 3.64. The van der Waals surface area contributed by atoms with Gasteiger partial charge in [-0.25, -0.2) is 9.78 Å². The Labute approximate surface area is 278 Å². The smallest absolute Gasteiger partial charge is 0.410 e. The number of methoxy groups -OCH3 is 1. The number of Topliss-reactive ketones (excluding diaryl/α,β-unsaturated/α-hetero) is 2. The standard InChI is InChI=1S/C36H52N4O7/c1-10-29-36(8)32(40(34(44)47-36)17-12-11-16-39-20-28(38-21-39)27-14-13-15-37-19-27)24(4)30(41)22(2)18-35(7,45-9)26(6)23(3)31(42)25(5)33(43)46-29/h13-15,19-26,29,32H,10-12,16-18H2,1-9H3/t22-,23-,24+,25-,26-,29-,32-,35-,36-/m1/s1. The minimum absolute atomic E-state index is 0.0352. The van der Waals surface area contributed by atoms with E-state index in [9.17, 15) is 19.2 Å². The number of fused-ring (bicyclic) bond motifs is 1. The van der Waals surface area contributed by atoms with Gasteiger partial charge < -0.3 is 23.7 Å². The van der Waals surface area contributed by atoms with Gasteiger partial charge in [0.15, 0.2) is 5.60 Å². The van der Waals surface area contributed by atoms with Crippen LogP contribution >= 0.6 is 0 Å². The van der Waals surface area contributed by atoms with E-state index in [0.29, 0.717) is 32.4 Å². The van der Waals surface area contributed by atoms with Crippen molar-refractivity contribution in [3.63, 3.8) is 0 Å². The number of aryl methyl sites for hydroxylation is 1. The number of aromatic nitrogens is 3. The van der Waals surface area contributed by atoms with Crippen molar-refractivity contribution in [2.24, 2.45) is 29.6 Å². The molecule has 4 rings (SSSR count). The Morgan fingerprint density at radius 2 is 1.70 bits per heavy atom. The van der Waals surface area contributed by atoms with Gasteiger partial charge in [0.05, 0.1) is 23.7 Å². The lowest BCUT2D eigenvalue weighted by Gasteiger charge is -2.43. The molecule has 2 aromatic rings. The zero-order valence-corrected chi connectivity index (χ0v) is 29.4. The fourth-order valence-electron chi connectivity index (χ4n) is 7.61. The Hall–Kier alpha value is -3.60. The molecule has 0 unspecified atom stereocenters. The average molecular weight is 653 g/mol. The quantitative estimate of drug-likeness (QED) is 0.199. The van der Waals surface area contributed by atoms with Gasteiger partial charge in [-0.15, -0.1) is 0 Å². The van der Waals surface area contributed by atoms with Crippen molar-refractivity contribution in [2.45, 2.75) is 111 Å². The van der Waals surface area contributed by atoms with Crippen molar-refractivity contribution in [1.29, 1.82) is 0 Å². The number of rotatable bonds is 8. The van der Waals surface area contributed by atoms with Crippen LogP contribution in [0.15, 0.2) is 37.1 Å². The van der Waals surface area contributed by atoms with Crippen LogP contribution in [-0.4, -0.2) is 80.1 Å². The van der Waals surface area contributed by atoms with Crippen LogP contribution in [0.1, 0.15) is 81.1 Å². The normalized spacial score (nSPS) is 34.1. The fourth-order valence-corrected chi connectivity index (χ4v) is 7.61. The molecule has 11 nitrogen and oxygen atoms in total. The number of carbonyl (C=O) groups excluding carboxylic acids is 4. The highest BCUT2D eigenvalue weighted by Gasteiger charge is 2.60. The van der Waals surface area contributed by atoms with Gasteiger partial charge >= 0.3 is 12.1 Å². The Morgan fingerprint density at radius 3 is 2.34 bits per heavy atom. The van der Waals surface area contributed by atoms with Gasteiger partial charge in [0.1, 0.15) is 23.6 Å². The summed E-state index contributed by atoms with van der Waals surface area (Å²) in [6, 6.07) is 3.14. The summed E-state index contributed by atoms with van der Waals surface area (Å²) in [6.07, 6.45) is 7.97. The molecule has 2 aliphatic heterocycles. The van der Waals surface area contributed by atoms with Crippen molar-refractivity contribution >= 4 is 23.6 Å². The summed E-state index contributed by atoms with van der Waals surface area (Å²) in [5.74, 6) is -3.81. The number of hydrogen-bond donors (Lipinski definition) is 0. The summed E-state index contributed by atoms with van der Waals surface area (Å²) in [5, 5.41) is 0. The highest BCUT2D eigenvalue weighted by atomic mass is 16.6. The first-order valence-corrected chi connectivity index (χ1v) is 16.9. The largest absolute Gasteiger partial charge is 0.458 e. The highest BCUT2D eigenvalue weighted by molar-refractivity contribution is 6.00. The van der Waals surface area contributed by atoms with Crippen LogP contribution in [0.5, 0.6) is 0 Å². The third-order valence-electron chi connectivity index (χ3n) is 10.9. The van der Waals surface area contributed by atoms with E-state index in [0.717, 1.165) is 17.7 Å². The summed E-state index contributed by atoms with van der Waals surface area (Å²) in [6.45, 7) is 15.6. The van der Waals surface area contributed by atoms with E-state index in [1.54, 1.807) is 51.5 Å². The van der Waals surface area contributed by atoms with Crippen LogP contribution < -0.4 is 0 Å². The van der Waals surface area contributed by atoms with E-state index in [1.165, 1.54) is 0 Å². The molecule has 2 aliphatic rings. The third kappa shape index (κ3) is 7.29. The number of ether oxygens (including phenoxy) is 3. The van der Waals surface area contributed by atoms with Gasteiger partial charge in [0.2, 0.25) is 0 Å². The molecule has 258 valence electrons. The number of esters is 1. The summed E-state index contributed by atoms with van der Waals surface area (Å²) in [4.78, 5) is 65.1. The molecule has 4 heterocycles. The number of pyridine rings is 1. The maximum absolute atomic E-state index is 14.2. The summed E-state index contributed by atoms with van der Waals surface area (Å²) >= 11 is 0. The van der Waals surface area contributed by atoms with Crippen molar-refractivity contribution in [3.05, 3.63) is 37.1 Å². The van der Waals surface area contributed by atoms with Gasteiger partial charge in [0, 0.05) is 62.1 Å². The monoisotopic (exact) mass is 652 g/mol. The Bertz CT molecular complexity index is 1430. The van der Waals surface area contributed by atoms with Gasteiger partial charge in [-0.1, -0.05) is 34.6 Å². The molecule has 47 heavy (non-hydrogen) atoms. The van der Waals surface area contributed by atoms with Crippen LogP contribution in [0.3, 0.4) is 0 Å². The molecule has 0 spiro atoms. The Balaban J connectivity index is 1.60. The second kappa shape index (κ2) is 14.7. The van der Waals surface area contributed by atoms with Crippen LogP contribution in [0, 0.1) is 29.6 Å². The van der Waals surface area contributed by atoms with Crippen LogP contribution in [-0.2, 0) is 35.1 Å². The zero-order valence-electron chi connectivity index (χ0n) is 29.4.